The molecule has 0 aromatic heterocycles. The lowest BCUT2D eigenvalue weighted by atomic mass is 10.3. The van der Waals surface area contributed by atoms with E-state index in [1.54, 1.807) is 0 Å². The summed E-state index contributed by atoms with van der Waals surface area (Å²) < 4.78 is 0. The van der Waals surface area contributed by atoms with Crippen LogP contribution in [0.2, 0.25) is 0 Å². The van der Waals surface area contributed by atoms with Crippen molar-refractivity contribution < 1.29 is 9.78 Å². The molecule has 1 fully saturated rings. The number of hydrogen-bond donors (Lipinski definition) is 1. The SMILES string of the molecule is CCNC1CCCOO1. The highest BCUT2D eigenvalue weighted by Gasteiger charge is 2.12. The van der Waals surface area contributed by atoms with Crippen LogP contribution in [0, 0.1) is 0 Å². The van der Waals surface area contributed by atoms with Gasteiger partial charge >= 0.3 is 0 Å². The van der Waals surface area contributed by atoms with E-state index >= 15 is 0 Å². The van der Waals surface area contributed by atoms with Crippen LogP contribution in [0.3, 0.4) is 0 Å². The van der Waals surface area contributed by atoms with E-state index in [-0.39, 0.29) is 6.23 Å². The second-order valence-electron chi connectivity index (χ2n) is 2.11. The highest BCUT2D eigenvalue weighted by Crippen LogP contribution is 2.06. The maximum atomic E-state index is 4.91. The van der Waals surface area contributed by atoms with Crippen molar-refractivity contribution >= 4 is 0 Å². The van der Waals surface area contributed by atoms with Gasteiger partial charge in [-0.05, 0) is 19.4 Å². The van der Waals surface area contributed by atoms with Gasteiger partial charge in [0.15, 0.2) is 0 Å². The molecular formula is C6H13NO2. The summed E-state index contributed by atoms with van der Waals surface area (Å²) in [5.74, 6) is 0. The van der Waals surface area contributed by atoms with Crippen molar-refractivity contribution in [1.82, 2.24) is 5.32 Å². The summed E-state index contributed by atoms with van der Waals surface area (Å²) in [6, 6.07) is 0. The van der Waals surface area contributed by atoms with Gasteiger partial charge in [0.2, 0.25) is 0 Å². The van der Waals surface area contributed by atoms with Crippen LogP contribution in [0.4, 0.5) is 0 Å². The lowest BCUT2D eigenvalue weighted by Crippen LogP contribution is -2.34. The molecule has 0 bridgehead atoms. The molecule has 0 saturated carbocycles. The van der Waals surface area contributed by atoms with E-state index in [1.807, 2.05) is 0 Å². The summed E-state index contributed by atoms with van der Waals surface area (Å²) >= 11 is 0. The van der Waals surface area contributed by atoms with Gasteiger partial charge in [-0.2, -0.15) is 0 Å². The van der Waals surface area contributed by atoms with E-state index in [1.165, 1.54) is 0 Å². The third-order valence-corrected chi connectivity index (χ3v) is 1.31. The molecule has 0 aromatic carbocycles. The summed E-state index contributed by atoms with van der Waals surface area (Å²) in [4.78, 5) is 9.68. The molecule has 0 amide bonds. The normalized spacial score (nSPS) is 28.3. The molecule has 1 unspecified atom stereocenters. The van der Waals surface area contributed by atoms with Crippen molar-refractivity contribution in [2.45, 2.75) is 26.0 Å². The van der Waals surface area contributed by atoms with Crippen molar-refractivity contribution in [2.24, 2.45) is 0 Å². The van der Waals surface area contributed by atoms with Crippen molar-refractivity contribution in [3.8, 4) is 0 Å². The van der Waals surface area contributed by atoms with Crippen LogP contribution in [-0.4, -0.2) is 19.4 Å². The highest BCUT2D eigenvalue weighted by atomic mass is 17.2. The molecule has 3 nitrogen and oxygen atoms in total. The smallest absolute Gasteiger partial charge is 0.143 e. The Kier molecular flexibility index (Phi) is 2.97. The minimum atomic E-state index is 0.128. The molecule has 0 radical (unpaired) electrons. The minimum Gasteiger partial charge on any atom is -0.290 e. The van der Waals surface area contributed by atoms with Crippen molar-refractivity contribution in [3.63, 3.8) is 0 Å². The van der Waals surface area contributed by atoms with E-state index in [9.17, 15) is 0 Å². The van der Waals surface area contributed by atoms with E-state index in [4.69, 9.17) is 9.78 Å². The molecule has 0 spiro atoms. The number of nitrogens with one attached hydrogen (secondary N) is 1. The summed E-state index contributed by atoms with van der Waals surface area (Å²) in [6.07, 6.45) is 2.29. The Morgan fingerprint density at radius 1 is 1.67 bits per heavy atom. The Labute approximate surface area is 55.3 Å². The topological polar surface area (TPSA) is 30.5 Å². The van der Waals surface area contributed by atoms with Crippen molar-refractivity contribution in [1.29, 1.82) is 0 Å². The van der Waals surface area contributed by atoms with Crippen LogP contribution >= 0.6 is 0 Å². The summed E-state index contributed by atoms with van der Waals surface area (Å²) in [5, 5.41) is 3.14. The molecule has 1 aliphatic rings. The maximum absolute atomic E-state index is 4.91. The predicted octanol–water partition coefficient (Wildman–Crippen LogP) is 0.664. The molecule has 1 atom stereocenters. The Hall–Kier alpha value is -0.120. The molecule has 3 heteroatoms. The highest BCUT2D eigenvalue weighted by molar-refractivity contribution is 4.54. The molecular weight excluding hydrogens is 118 g/mol. The zero-order valence-corrected chi connectivity index (χ0v) is 5.72. The van der Waals surface area contributed by atoms with Gasteiger partial charge in [-0.15, -0.1) is 0 Å². The van der Waals surface area contributed by atoms with Gasteiger partial charge in [-0.1, -0.05) is 6.92 Å². The van der Waals surface area contributed by atoms with Gasteiger partial charge in [0, 0.05) is 0 Å². The van der Waals surface area contributed by atoms with Crippen LogP contribution in [0.1, 0.15) is 19.8 Å². The monoisotopic (exact) mass is 131 g/mol. The first kappa shape index (κ1) is 6.99. The van der Waals surface area contributed by atoms with Crippen LogP contribution in [0.5, 0.6) is 0 Å². The fraction of sp³-hybridized carbons (Fsp3) is 1.00. The second-order valence-corrected chi connectivity index (χ2v) is 2.11. The van der Waals surface area contributed by atoms with E-state index in [2.05, 4.69) is 12.2 Å². The van der Waals surface area contributed by atoms with Crippen LogP contribution in [0.15, 0.2) is 0 Å². The second kappa shape index (κ2) is 3.82. The first-order chi connectivity index (χ1) is 4.43. The number of hydrogen-bond acceptors (Lipinski definition) is 3. The fourth-order valence-electron chi connectivity index (χ4n) is 0.870. The third kappa shape index (κ3) is 2.30. The third-order valence-electron chi connectivity index (χ3n) is 1.31. The summed E-state index contributed by atoms with van der Waals surface area (Å²) in [5.41, 5.74) is 0. The average molecular weight is 131 g/mol. The van der Waals surface area contributed by atoms with Crippen LogP contribution in [-0.2, 0) is 9.78 Å². The Balaban J connectivity index is 2.08. The molecule has 1 rings (SSSR count). The van der Waals surface area contributed by atoms with Gasteiger partial charge in [-0.25, -0.2) is 9.78 Å². The Morgan fingerprint density at radius 2 is 2.56 bits per heavy atom. The molecule has 9 heavy (non-hydrogen) atoms. The van der Waals surface area contributed by atoms with Crippen LogP contribution < -0.4 is 5.32 Å². The molecule has 1 aliphatic heterocycles. The quantitative estimate of drug-likeness (QED) is 0.558. The zero-order valence-electron chi connectivity index (χ0n) is 5.72. The first-order valence-electron chi connectivity index (χ1n) is 3.45. The molecule has 1 saturated heterocycles. The first-order valence-corrected chi connectivity index (χ1v) is 3.45. The largest absolute Gasteiger partial charge is 0.290 e. The fourth-order valence-corrected chi connectivity index (χ4v) is 0.870. The minimum absolute atomic E-state index is 0.128. The van der Waals surface area contributed by atoms with Gasteiger partial charge in [0.05, 0.1) is 6.61 Å². The molecule has 1 N–H and O–H groups in total. The average Bonchev–Trinajstić information content (AvgIpc) is 1.91. The van der Waals surface area contributed by atoms with E-state index in [0.717, 1.165) is 26.0 Å². The van der Waals surface area contributed by atoms with Crippen molar-refractivity contribution in [2.75, 3.05) is 13.2 Å². The van der Waals surface area contributed by atoms with Gasteiger partial charge in [0.25, 0.3) is 0 Å². The molecule has 0 aromatic rings. The molecule has 54 valence electrons. The van der Waals surface area contributed by atoms with Crippen LogP contribution in [0.25, 0.3) is 0 Å². The standard InChI is InChI=1S/C6H13NO2/c1-2-7-6-4-3-5-8-9-6/h6-7H,2-5H2,1H3. The summed E-state index contributed by atoms with van der Waals surface area (Å²) in [7, 11) is 0. The van der Waals surface area contributed by atoms with Gasteiger partial charge in [0.1, 0.15) is 6.23 Å². The van der Waals surface area contributed by atoms with Crippen molar-refractivity contribution in [3.05, 3.63) is 0 Å². The molecule has 1 heterocycles. The molecule has 0 aliphatic carbocycles. The maximum Gasteiger partial charge on any atom is 0.143 e. The van der Waals surface area contributed by atoms with Gasteiger partial charge < -0.3 is 0 Å². The van der Waals surface area contributed by atoms with Gasteiger partial charge in [-0.3, -0.25) is 5.32 Å². The Bertz CT molecular complexity index is 68.7. The predicted molar refractivity (Wildman–Crippen MR) is 33.7 cm³/mol. The van der Waals surface area contributed by atoms with E-state index in [0.29, 0.717) is 0 Å². The lowest BCUT2D eigenvalue weighted by Gasteiger charge is -2.21. The summed E-state index contributed by atoms with van der Waals surface area (Å²) in [6.45, 7) is 3.73. The zero-order chi connectivity index (χ0) is 6.53. The lowest BCUT2D eigenvalue weighted by molar-refractivity contribution is -0.350. The van der Waals surface area contributed by atoms with E-state index < -0.39 is 0 Å². The Morgan fingerprint density at radius 3 is 3.11 bits per heavy atom. The number of rotatable bonds is 2.